The van der Waals surface area contributed by atoms with Crippen molar-refractivity contribution >= 4 is 11.8 Å². The molecule has 3 saturated heterocycles. The van der Waals surface area contributed by atoms with Gasteiger partial charge in [-0.05, 0) is 76.3 Å². The van der Waals surface area contributed by atoms with Crippen LogP contribution in [0, 0.1) is 17.8 Å². The average Bonchev–Trinajstić information content (AvgIpc) is 3.32. The summed E-state index contributed by atoms with van der Waals surface area (Å²) in [6, 6.07) is 0.495. The number of carbonyl (C=O) groups excluding carboxylic acids is 2. The van der Waals surface area contributed by atoms with Crippen LogP contribution in [0.2, 0.25) is 0 Å². The zero-order valence-electron chi connectivity index (χ0n) is 21.2. The first kappa shape index (κ1) is 25.9. The highest BCUT2D eigenvalue weighted by atomic mass is 16.5. The van der Waals surface area contributed by atoms with Crippen LogP contribution in [0.1, 0.15) is 64.2 Å². The zero-order valence-corrected chi connectivity index (χ0v) is 21.2. The molecule has 2 amide bonds. The van der Waals surface area contributed by atoms with Crippen molar-refractivity contribution in [2.45, 2.75) is 88.5 Å². The number of hydrogen-bond donors (Lipinski definition) is 3. The van der Waals surface area contributed by atoms with Gasteiger partial charge in [-0.25, -0.2) is 0 Å². The van der Waals surface area contributed by atoms with Crippen LogP contribution in [-0.4, -0.2) is 87.9 Å². The summed E-state index contributed by atoms with van der Waals surface area (Å²) in [6.45, 7) is 4.60. The fourth-order valence-electron chi connectivity index (χ4n) is 6.60. The number of unbranched alkanes of at least 4 members (excludes halogenated alkanes) is 1. The maximum atomic E-state index is 13.1. The number of nitrogens with zero attached hydrogens (tertiary/aromatic N) is 1. The molecule has 3 N–H and O–H groups in total. The van der Waals surface area contributed by atoms with E-state index < -0.39 is 0 Å². The highest BCUT2D eigenvalue weighted by Gasteiger charge is 2.38. The van der Waals surface area contributed by atoms with Crippen LogP contribution in [-0.2, 0) is 19.1 Å². The molecular formula is C26H46N4O4. The van der Waals surface area contributed by atoms with Gasteiger partial charge < -0.3 is 30.3 Å². The molecule has 0 radical (unpaired) electrons. The minimum absolute atomic E-state index is 0.0146. The molecule has 4 fully saturated rings. The third-order valence-electron chi connectivity index (χ3n) is 8.78. The highest BCUT2D eigenvalue weighted by Crippen LogP contribution is 2.31. The number of rotatable bonds is 9. The Morgan fingerprint density at radius 3 is 2.38 bits per heavy atom. The quantitative estimate of drug-likeness (QED) is 0.437. The van der Waals surface area contributed by atoms with Crippen LogP contribution in [0.3, 0.4) is 0 Å². The van der Waals surface area contributed by atoms with Gasteiger partial charge in [0.1, 0.15) is 0 Å². The second kappa shape index (κ2) is 12.7. The van der Waals surface area contributed by atoms with E-state index in [1.165, 1.54) is 6.42 Å². The third-order valence-corrected chi connectivity index (χ3v) is 8.78. The van der Waals surface area contributed by atoms with Crippen LogP contribution in [0.4, 0.5) is 0 Å². The summed E-state index contributed by atoms with van der Waals surface area (Å²) in [5.41, 5.74) is 0. The number of amides is 2. The lowest BCUT2D eigenvalue weighted by molar-refractivity contribution is -0.142. The monoisotopic (exact) mass is 478 g/mol. The summed E-state index contributed by atoms with van der Waals surface area (Å²) in [4.78, 5) is 27.7. The number of piperidine rings is 2. The van der Waals surface area contributed by atoms with Crippen LogP contribution in [0.25, 0.3) is 0 Å². The standard InChI is InChI=1S/C26H46N4O4/c1-33-21-13-19(14-22(16-21)34-2)26(32)30-11-7-18(8-12-30)5-3-4-9-28-25(31)24-15-20-17-27-10-6-23(20)29-24/h18-24,27,29H,3-17H2,1-2H3,(H,28,31). The molecule has 3 aliphatic heterocycles. The first-order valence-electron chi connectivity index (χ1n) is 13.7. The normalized spacial score (nSPS) is 34.6. The smallest absolute Gasteiger partial charge is 0.237 e. The van der Waals surface area contributed by atoms with E-state index in [1.807, 2.05) is 0 Å². The van der Waals surface area contributed by atoms with Crippen LogP contribution >= 0.6 is 0 Å². The lowest BCUT2D eigenvalue weighted by Gasteiger charge is -2.38. The molecule has 4 rings (SSSR count). The summed E-state index contributed by atoms with van der Waals surface area (Å²) < 4.78 is 11.1. The molecule has 0 aromatic heterocycles. The van der Waals surface area contributed by atoms with E-state index in [-0.39, 0.29) is 30.1 Å². The van der Waals surface area contributed by atoms with E-state index in [0.29, 0.717) is 23.8 Å². The van der Waals surface area contributed by atoms with Crippen molar-refractivity contribution in [3.05, 3.63) is 0 Å². The van der Waals surface area contributed by atoms with Gasteiger partial charge in [-0.2, -0.15) is 0 Å². The van der Waals surface area contributed by atoms with Gasteiger partial charge in [-0.1, -0.05) is 12.8 Å². The molecule has 0 spiro atoms. The minimum Gasteiger partial charge on any atom is -0.381 e. The van der Waals surface area contributed by atoms with Crippen LogP contribution in [0.5, 0.6) is 0 Å². The molecule has 5 unspecified atom stereocenters. The Morgan fingerprint density at radius 1 is 0.971 bits per heavy atom. The predicted molar refractivity (Wildman–Crippen MR) is 131 cm³/mol. The maximum absolute atomic E-state index is 13.1. The van der Waals surface area contributed by atoms with Crippen molar-refractivity contribution in [3.8, 4) is 0 Å². The van der Waals surface area contributed by atoms with Gasteiger partial charge in [0.25, 0.3) is 0 Å². The third kappa shape index (κ3) is 6.71. The van der Waals surface area contributed by atoms with Crippen molar-refractivity contribution < 1.29 is 19.1 Å². The number of ether oxygens (including phenoxy) is 2. The van der Waals surface area contributed by atoms with E-state index in [4.69, 9.17) is 9.47 Å². The van der Waals surface area contributed by atoms with Gasteiger partial charge >= 0.3 is 0 Å². The summed E-state index contributed by atoms with van der Waals surface area (Å²) >= 11 is 0. The maximum Gasteiger partial charge on any atom is 0.237 e. The second-order valence-corrected chi connectivity index (χ2v) is 11.0. The Bertz CT molecular complexity index is 643. The highest BCUT2D eigenvalue weighted by molar-refractivity contribution is 5.82. The van der Waals surface area contributed by atoms with Gasteiger partial charge in [0, 0.05) is 45.8 Å². The average molecular weight is 479 g/mol. The number of fused-ring (bicyclic) bond motifs is 1. The summed E-state index contributed by atoms with van der Waals surface area (Å²) in [5.74, 6) is 1.79. The molecule has 8 nitrogen and oxygen atoms in total. The molecule has 194 valence electrons. The number of nitrogens with one attached hydrogen (secondary N) is 3. The van der Waals surface area contributed by atoms with Crippen molar-refractivity contribution in [2.75, 3.05) is 46.9 Å². The number of hydrogen-bond acceptors (Lipinski definition) is 6. The lowest BCUT2D eigenvalue weighted by Crippen LogP contribution is -2.46. The van der Waals surface area contributed by atoms with Gasteiger partial charge in [0.2, 0.25) is 11.8 Å². The van der Waals surface area contributed by atoms with Gasteiger partial charge in [0.05, 0.1) is 18.2 Å². The first-order valence-corrected chi connectivity index (χ1v) is 13.7. The molecule has 5 atom stereocenters. The Balaban J connectivity index is 1.08. The van der Waals surface area contributed by atoms with Crippen molar-refractivity contribution in [3.63, 3.8) is 0 Å². The number of likely N-dealkylation sites (tertiary alicyclic amines) is 1. The van der Waals surface area contributed by atoms with Crippen molar-refractivity contribution in [1.29, 1.82) is 0 Å². The van der Waals surface area contributed by atoms with Crippen LogP contribution in [0.15, 0.2) is 0 Å². The fraction of sp³-hybridized carbons (Fsp3) is 0.923. The largest absolute Gasteiger partial charge is 0.381 e. The Kier molecular flexibility index (Phi) is 9.62. The molecule has 3 heterocycles. The predicted octanol–water partition coefficient (Wildman–Crippen LogP) is 1.68. The Morgan fingerprint density at radius 2 is 1.71 bits per heavy atom. The minimum atomic E-state index is -0.0146. The molecule has 34 heavy (non-hydrogen) atoms. The topological polar surface area (TPSA) is 91.9 Å². The Labute approximate surface area is 205 Å². The van der Waals surface area contributed by atoms with E-state index in [1.54, 1.807) is 14.2 Å². The molecule has 0 aromatic carbocycles. The lowest BCUT2D eigenvalue weighted by atomic mass is 9.83. The summed E-state index contributed by atoms with van der Waals surface area (Å²) in [7, 11) is 3.46. The van der Waals surface area contributed by atoms with E-state index >= 15 is 0 Å². The van der Waals surface area contributed by atoms with E-state index in [9.17, 15) is 9.59 Å². The number of carbonyl (C=O) groups is 2. The molecular weight excluding hydrogens is 432 g/mol. The van der Waals surface area contributed by atoms with Gasteiger partial charge in [-0.3, -0.25) is 9.59 Å². The Hall–Kier alpha value is -1.22. The molecule has 1 saturated carbocycles. The SMILES string of the molecule is COC1CC(OC)CC(C(=O)N2CCC(CCCCNC(=O)C3CC4CNCCC4N3)CC2)C1. The summed E-state index contributed by atoms with van der Waals surface area (Å²) in [6.07, 6.45) is 10.4. The fourth-order valence-corrected chi connectivity index (χ4v) is 6.60. The van der Waals surface area contributed by atoms with Crippen molar-refractivity contribution in [2.24, 2.45) is 17.8 Å². The molecule has 1 aliphatic carbocycles. The van der Waals surface area contributed by atoms with Crippen molar-refractivity contribution in [1.82, 2.24) is 20.9 Å². The number of methoxy groups -OCH3 is 2. The van der Waals surface area contributed by atoms with Crippen LogP contribution < -0.4 is 16.0 Å². The molecule has 0 bridgehead atoms. The van der Waals surface area contributed by atoms with E-state index in [0.717, 1.165) is 90.5 Å². The molecule has 8 heteroatoms. The summed E-state index contributed by atoms with van der Waals surface area (Å²) in [5, 5.41) is 10.1. The first-order chi connectivity index (χ1) is 16.6. The zero-order chi connectivity index (χ0) is 23.9. The van der Waals surface area contributed by atoms with E-state index in [2.05, 4.69) is 20.9 Å². The molecule has 0 aromatic rings. The second-order valence-electron chi connectivity index (χ2n) is 11.0. The van der Waals surface area contributed by atoms with Gasteiger partial charge in [0.15, 0.2) is 0 Å². The molecule has 4 aliphatic rings. The van der Waals surface area contributed by atoms with Gasteiger partial charge in [-0.15, -0.1) is 0 Å².